The van der Waals surface area contributed by atoms with Crippen molar-refractivity contribution in [2.75, 3.05) is 20.3 Å². The molecular weight excluding hydrogens is 265 g/mol. The molecule has 0 saturated carbocycles. The van der Waals surface area contributed by atoms with E-state index in [0.29, 0.717) is 0 Å². The molecule has 1 aromatic heterocycles. The van der Waals surface area contributed by atoms with E-state index in [9.17, 15) is 18.0 Å². The van der Waals surface area contributed by atoms with E-state index in [4.69, 9.17) is 4.74 Å². The van der Waals surface area contributed by atoms with Crippen LogP contribution in [-0.4, -0.2) is 36.1 Å². The molecule has 1 heterocycles. The van der Waals surface area contributed by atoms with Crippen LogP contribution in [0.3, 0.4) is 0 Å². The summed E-state index contributed by atoms with van der Waals surface area (Å²) in [6, 6.07) is -0.648. The lowest BCUT2D eigenvalue weighted by atomic mass is 10.2. The molecule has 1 atom stereocenters. The third-order valence-electron chi connectivity index (χ3n) is 2.38. The number of hydrogen-bond acceptors (Lipinski definition) is 4. The van der Waals surface area contributed by atoms with Gasteiger partial charge in [0.15, 0.2) is 5.69 Å². The summed E-state index contributed by atoms with van der Waals surface area (Å²) >= 11 is 0. The van der Waals surface area contributed by atoms with Crippen molar-refractivity contribution in [3.8, 4) is 0 Å². The van der Waals surface area contributed by atoms with Crippen molar-refractivity contribution in [2.24, 2.45) is 0 Å². The van der Waals surface area contributed by atoms with Crippen LogP contribution in [0.5, 0.6) is 0 Å². The van der Waals surface area contributed by atoms with Crippen LogP contribution in [0.2, 0.25) is 0 Å². The van der Waals surface area contributed by atoms with Gasteiger partial charge in [0.25, 0.3) is 0 Å². The number of methoxy groups -OCH3 is 1. The number of carbonyl (C=O) groups is 1. The highest BCUT2D eigenvalue weighted by molar-refractivity contribution is 5.90. The fraction of sp³-hybridized carbons (Fsp3) is 0.636. The smallest absolute Gasteiger partial charge is 0.433 e. The largest absolute Gasteiger partial charge is 0.462 e. The van der Waals surface area contributed by atoms with Gasteiger partial charge in [-0.2, -0.15) is 18.3 Å². The van der Waals surface area contributed by atoms with Crippen LogP contribution < -0.4 is 0 Å². The zero-order valence-corrected chi connectivity index (χ0v) is 10.8. The van der Waals surface area contributed by atoms with Crippen LogP contribution in [0.4, 0.5) is 13.2 Å². The molecule has 19 heavy (non-hydrogen) atoms. The van der Waals surface area contributed by atoms with Crippen molar-refractivity contribution < 1.29 is 27.4 Å². The van der Waals surface area contributed by atoms with Crippen LogP contribution >= 0.6 is 0 Å². The Morgan fingerprint density at radius 1 is 1.53 bits per heavy atom. The molecule has 0 amide bonds. The molecule has 5 nitrogen and oxygen atoms in total. The average molecular weight is 280 g/mol. The number of ether oxygens (including phenoxy) is 2. The maximum absolute atomic E-state index is 13.0. The number of halogens is 3. The zero-order chi connectivity index (χ0) is 14.6. The average Bonchev–Trinajstić information content (AvgIpc) is 2.73. The molecule has 0 radical (unpaired) electrons. The Kier molecular flexibility index (Phi) is 4.93. The molecule has 1 aromatic rings. The summed E-state index contributed by atoms with van der Waals surface area (Å²) in [5, 5.41) is 3.62. The first-order valence-electron chi connectivity index (χ1n) is 5.63. The lowest BCUT2D eigenvalue weighted by Gasteiger charge is -2.17. The summed E-state index contributed by atoms with van der Waals surface area (Å²) in [5.74, 6) is -1.04. The van der Waals surface area contributed by atoms with Gasteiger partial charge in [-0.15, -0.1) is 0 Å². The van der Waals surface area contributed by atoms with E-state index in [1.807, 2.05) is 0 Å². The first-order valence-corrected chi connectivity index (χ1v) is 5.63. The summed E-state index contributed by atoms with van der Waals surface area (Å²) in [6.45, 7) is 3.08. The summed E-state index contributed by atoms with van der Waals surface area (Å²) in [6.07, 6.45) is -3.83. The minimum atomic E-state index is -4.69. The fourth-order valence-electron chi connectivity index (χ4n) is 1.65. The Bertz CT molecular complexity index is 443. The van der Waals surface area contributed by atoms with Crippen molar-refractivity contribution in [1.29, 1.82) is 0 Å². The monoisotopic (exact) mass is 280 g/mol. The van der Waals surface area contributed by atoms with Crippen molar-refractivity contribution in [3.63, 3.8) is 0 Å². The molecule has 0 saturated heterocycles. The highest BCUT2D eigenvalue weighted by Gasteiger charge is 2.41. The predicted octanol–water partition coefficient (Wildman–Crippen LogP) is 2.29. The normalized spacial score (nSPS) is 13.4. The quantitative estimate of drug-likeness (QED) is 0.776. The molecule has 0 spiro atoms. The molecule has 8 heteroatoms. The van der Waals surface area contributed by atoms with Gasteiger partial charge in [-0.25, -0.2) is 4.79 Å². The standard InChI is InChI=1S/C11H15F3N2O3/c1-4-19-10(17)8-5-15-16(7(2)6-18-3)9(8)11(12,13)14/h5,7H,4,6H2,1-3H3. The summed E-state index contributed by atoms with van der Waals surface area (Å²) < 4.78 is 49.2. The van der Waals surface area contributed by atoms with E-state index < -0.39 is 29.4 Å². The van der Waals surface area contributed by atoms with E-state index in [1.165, 1.54) is 21.0 Å². The minimum absolute atomic E-state index is 0.00502. The van der Waals surface area contributed by atoms with Crippen LogP contribution in [0.1, 0.15) is 35.9 Å². The SMILES string of the molecule is CCOC(=O)c1cnn(C(C)COC)c1C(F)(F)F. The van der Waals surface area contributed by atoms with Crippen LogP contribution in [0, 0.1) is 0 Å². The maximum atomic E-state index is 13.0. The number of nitrogens with zero attached hydrogens (tertiary/aromatic N) is 2. The number of hydrogen-bond donors (Lipinski definition) is 0. The number of alkyl halides is 3. The van der Waals surface area contributed by atoms with Gasteiger partial charge < -0.3 is 9.47 Å². The Hall–Kier alpha value is -1.57. The molecule has 0 aromatic carbocycles. The first kappa shape index (κ1) is 15.5. The second kappa shape index (κ2) is 6.05. The third-order valence-corrected chi connectivity index (χ3v) is 2.38. The van der Waals surface area contributed by atoms with Crippen molar-refractivity contribution in [1.82, 2.24) is 9.78 Å². The van der Waals surface area contributed by atoms with E-state index in [1.54, 1.807) is 0 Å². The number of esters is 1. The van der Waals surface area contributed by atoms with Crippen LogP contribution in [0.15, 0.2) is 6.20 Å². The molecular formula is C11H15F3N2O3. The number of carbonyl (C=O) groups excluding carboxylic acids is 1. The Labute approximate surface area is 108 Å². The molecule has 0 aliphatic rings. The van der Waals surface area contributed by atoms with Crippen molar-refractivity contribution in [3.05, 3.63) is 17.5 Å². The van der Waals surface area contributed by atoms with Crippen LogP contribution in [0.25, 0.3) is 0 Å². The topological polar surface area (TPSA) is 53.3 Å². The Balaban J connectivity index is 3.24. The van der Waals surface area contributed by atoms with Gasteiger partial charge in [-0.1, -0.05) is 0 Å². The van der Waals surface area contributed by atoms with Gasteiger partial charge in [0.1, 0.15) is 5.56 Å². The zero-order valence-electron chi connectivity index (χ0n) is 10.8. The highest BCUT2D eigenvalue weighted by Crippen LogP contribution is 2.33. The summed E-state index contributed by atoms with van der Waals surface area (Å²) in [7, 11) is 1.37. The molecule has 0 N–H and O–H groups in total. The Morgan fingerprint density at radius 3 is 2.63 bits per heavy atom. The van der Waals surface area contributed by atoms with Gasteiger partial charge in [0, 0.05) is 7.11 Å². The number of rotatable bonds is 5. The van der Waals surface area contributed by atoms with Gasteiger partial charge in [-0.3, -0.25) is 4.68 Å². The van der Waals surface area contributed by atoms with E-state index >= 15 is 0 Å². The van der Waals surface area contributed by atoms with E-state index in [0.717, 1.165) is 10.9 Å². The Morgan fingerprint density at radius 2 is 2.16 bits per heavy atom. The fourth-order valence-corrected chi connectivity index (χ4v) is 1.65. The van der Waals surface area contributed by atoms with Gasteiger partial charge >= 0.3 is 12.1 Å². The summed E-state index contributed by atoms with van der Waals surface area (Å²) in [4.78, 5) is 11.5. The number of aromatic nitrogens is 2. The maximum Gasteiger partial charge on any atom is 0.433 e. The van der Waals surface area contributed by atoms with Crippen LogP contribution in [-0.2, 0) is 15.7 Å². The lowest BCUT2D eigenvalue weighted by Crippen LogP contribution is -2.23. The van der Waals surface area contributed by atoms with E-state index in [2.05, 4.69) is 9.84 Å². The van der Waals surface area contributed by atoms with E-state index in [-0.39, 0.29) is 13.2 Å². The van der Waals surface area contributed by atoms with Gasteiger partial charge in [0.05, 0.1) is 25.5 Å². The molecule has 0 aliphatic carbocycles. The molecule has 108 valence electrons. The van der Waals surface area contributed by atoms with Gasteiger partial charge in [-0.05, 0) is 13.8 Å². The third kappa shape index (κ3) is 3.46. The first-order chi connectivity index (χ1) is 8.82. The van der Waals surface area contributed by atoms with Gasteiger partial charge in [0.2, 0.25) is 0 Å². The van der Waals surface area contributed by atoms with Crippen molar-refractivity contribution in [2.45, 2.75) is 26.1 Å². The second-order valence-corrected chi connectivity index (χ2v) is 3.87. The molecule has 1 rings (SSSR count). The second-order valence-electron chi connectivity index (χ2n) is 3.87. The summed E-state index contributed by atoms with van der Waals surface area (Å²) in [5.41, 5.74) is -1.70. The minimum Gasteiger partial charge on any atom is -0.462 e. The molecule has 1 unspecified atom stereocenters. The highest BCUT2D eigenvalue weighted by atomic mass is 19.4. The molecule has 0 aliphatic heterocycles. The predicted molar refractivity (Wildman–Crippen MR) is 59.8 cm³/mol. The molecule has 0 fully saturated rings. The lowest BCUT2D eigenvalue weighted by molar-refractivity contribution is -0.145. The molecule has 0 bridgehead atoms. The van der Waals surface area contributed by atoms with Crippen molar-refractivity contribution >= 4 is 5.97 Å².